The SMILES string of the molecule is COC(=O)c1nc(Cl)c(F)c(N)c1Cl.COC(=O)c1nc(Cl)c(F)c(NC(C)=O)c1Cl. The molecule has 0 spiro atoms. The number of carbonyl (C=O) groups excluding carboxylic acids is 3. The third-order valence-electron chi connectivity index (χ3n) is 3.17. The lowest BCUT2D eigenvalue weighted by Crippen LogP contribution is -2.13. The van der Waals surface area contributed by atoms with Crippen molar-refractivity contribution in [3.8, 4) is 0 Å². The van der Waals surface area contributed by atoms with Crippen molar-refractivity contribution in [2.45, 2.75) is 6.92 Å². The molecule has 0 unspecified atom stereocenters. The van der Waals surface area contributed by atoms with E-state index in [2.05, 4.69) is 24.8 Å². The summed E-state index contributed by atoms with van der Waals surface area (Å²) in [4.78, 5) is 40.0. The van der Waals surface area contributed by atoms with Gasteiger partial charge in [-0.3, -0.25) is 4.79 Å². The van der Waals surface area contributed by atoms with Crippen LogP contribution in [-0.4, -0.2) is 42.0 Å². The van der Waals surface area contributed by atoms with Crippen molar-refractivity contribution in [3.05, 3.63) is 43.4 Å². The van der Waals surface area contributed by atoms with E-state index in [1.165, 1.54) is 0 Å². The summed E-state index contributed by atoms with van der Waals surface area (Å²) in [5.41, 5.74) is 3.73. The summed E-state index contributed by atoms with van der Waals surface area (Å²) in [6.07, 6.45) is 0. The Balaban J connectivity index is 0.000000316. The van der Waals surface area contributed by atoms with Crippen LogP contribution in [0.3, 0.4) is 0 Å². The predicted octanol–water partition coefficient (Wildman–Crippen LogP) is 4.17. The van der Waals surface area contributed by atoms with Gasteiger partial charge in [-0.25, -0.2) is 28.3 Å². The highest BCUT2D eigenvalue weighted by molar-refractivity contribution is 6.38. The number of esters is 2. The van der Waals surface area contributed by atoms with Gasteiger partial charge >= 0.3 is 11.9 Å². The summed E-state index contributed by atoms with van der Waals surface area (Å²) in [7, 11) is 2.24. The van der Waals surface area contributed by atoms with Crippen LogP contribution in [0.25, 0.3) is 0 Å². The van der Waals surface area contributed by atoms with Crippen LogP contribution in [-0.2, 0) is 14.3 Å². The number of carbonyl (C=O) groups is 3. The number of pyridine rings is 2. The van der Waals surface area contributed by atoms with E-state index in [4.69, 9.17) is 52.1 Å². The topological polar surface area (TPSA) is 134 Å². The number of nitrogens with zero attached hydrogens (tertiary/aromatic N) is 2. The van der Waals surface area contributed by atoms with Crippen LogP contribution >= 0.6 is 46.4 Å². The van der Waals surface area contributed by atoms with Gasteiger partial charge in [-0.15, -0.1) is 0 Å². The van der Waals surface area contributed by atoms with E-state index < -0.39 is 51.2 Å². The Morgan fingerprint density at radius 1 is 0.871 bits per heavy atom. The molecule has 31 heavy (non-hydrogen) atoms. The molecule has 0 fully saturated rings. The van der Waals surface area contributed by atoms with Gasteiger partial charge < -0.3 is 20.5 Å². The van der Waals surface area contributed by atoms with Crippen molar-refractivity contribution < 1.29 is 32.6 Å². The molecule has 2 rings (SSSR count). The number of nitrogens with two attached hydrogens (primary N) is 1. The molecule has 0 aliphatic rings. The molecule has 0 aromatic carbocycles. The van der Waals surface area contributed by atoms with Gasteiger partial charge in [0.2, 0.25) is 5.91 Å². The first-order valence-electron chi connectivity index (χ1n) is 7.65. The summed E-state index contributed by atoms with van der Waals surface area (Å²) < 4.78 is 35.2. The molecular weight excluding hydrogens is 508 g/mol. The van der Waals surface area contributed by atoms with E-state index >= 15 is 0 Å². The van der Waals surface area contributed by atoms with Crippen LogP contribution in [0.4, 0.5) is 20.2 Å². The van der Waals surface area contributed by atoms with Crippen molar-refractivity contribution in [3.63, 3.8) is 0 Å². The molecule has 15 heteroatoms. The molecule has 0 saturated carbocycles. The van der Waals surface area contributed by atoms with Crippen LogP contribution in [0.1, 0.15) is 27.9 Å². The van der Waals surface area contributed by atoms with Gasteiger partial charge in [0.1, 0.15) is 10.7 Å². The average Bonchev–Trinajstić information content (AvgIpc) is 2.73. The fourth-order valence-corrected chi connectivity index (χ4v) is 2.61. The number of rotatable bonds is 3. The molecule has 0 aliphatic carbocycles. The minimum Gasteiger partial charge on any atom is -0.464 e. The number of anilines is 2. The van der Waals surface area contributed by atoms with E-state index in [1.807, 2.05) is 0 Å². The third kappa shape index (κ3) is 6.26. The Bertz CT molecular complexity index is 1060. The zero-order valence-electron chi connectivity index (χ0n) is 15.8. The monoisotopic (exact) mass is 518 g/mol. The number of methoxy groups -OCH3 is 2. The maximum atomic E-state index is 13.5. The number of hydrogen-bond acceptors (Lipinski definition) is 8. The van der Waals surface area contributed by atoms with Crippen molar-refractivity contribution in [2.24, 2.45) is 0 Å². The molecule has 9 nitrogen and oxygen atoms in total. The molecule has 0 aliphatic heterocycles. The van der Waals surface area contributed by atoms with Crippen LogP contribution in [0.5, 0.6) is 0 Å². The lowest BCUT2D eigenvalue weighted by atomic mass is 10.3. The standard InChI is InChI=1S/C9H7Cl2FN2O3.C7H5Cl2FN2O2/c1-3(15)13-6-4(10)7(9(16)17-2)14-8(11)5(6)12;1-14-7(13)5-2(8)4(11)3(10)6(9)12-5/h1-2H3,(H,13,14,15);1H3,(H2,11,12). The number of nitrogen functional groups attached to an aromatic ring is 1. The lowest BCUT2D eigenvalue weighted by molar-refractivity contribution is -0.114. The summed E-state index contributed by atoms with van der Waals surface area (Å²) >= 11 is 22.1. The zero-order valence-corrected chi connectivity index (χ0v) is 18.8. The zero-order chi connectivity index (χ0) is 24.0. The van der Waals surface area contributed by atoms with Crippen molar-refractivity contribution >= 4 is 75.6 Å². The summed E-state index contributed by atoms with van der Waals surface area (Å²) in [6.45, 7) is 1.15. The molecule has 168 valence electrons. The first-order chi connectivity index (χ1) is 14.4. The second-order valence-electron chi connectivity index (χ2n) is 5.21. The molecule has 2 heterocycles. The van der Waals surface area contributed by atoms with Gasteiger partial charge in [0, 0.05) is 6.92 Å². The number of hydrogen-bond donors (Lipinski definition) is 2. The quantitative estimate of drug-likeness (QED) is 0.456. The van der Waals surface area contributed by atoms with Gasteiger partial charge in [0.05, 0.1) is 24.9 Å². The fourth-order valence-electron chi connectivity index (χ4n) is 1.80. The maximum Gasteiger partial charge on any atom is 0.358 e. The predicted molar refractivity (Wildman–Crippen MR) is 110 cm³/mol. The molecule has 0 atom stereocenters. The average molecular weight is 520 g/mol. The fraction of sp³-hybridized carbons (Fsp3) is 0.188. The Hall–Kier alpha value is -2.47. The second-order valence-corrected chi connectivity index (χ2v) is 6.68. The second kappa shape index (κ2) is 11.2. The molecule has 0 saturated heterocycles. The molecule has 0 bridgehead atoms. The number of ether oxygens (including phenoxy) is 2. The van der Waals surface area contributed by atoms with E-state index in [0.29, 0.717) is 0 Å². The molecule has 1 amide bonds. The molecule has 2 aromatic rings. The molecule has 2 aromatic heterocycles. The smallest absolute Gasteiger partial charge is 0.358 e. The maximum absolute atomic E-state index is 13.5. The van der Waals surface area contributed by atoms with Crippen molar-refractivity contribution in [1.29, 1.82) is 0 Å². The van der Waals surface area contributed by atoms with Gasteiger partial charge in [-0.05, 0) is 0 Å². The highest BCUT2D eigenvalue weighted by Crippen LogP contribution is 2.32. The number of amides is 1. The Kier molecular flexibility index (Phi) is 9.63. The Morgan fingerprint density at radius 2 is 1.29 bits per heavy atom. The van der Waals surface area contributed by atoms with Gasteiger partial charge in [-0.1, -0.05) is 46.4 Å². The lowest BCUT2D eigenvalue weighted by Gasteiger charge is -2.10. The van der Waals surface area contributed by atoms with Crippen LogP contribution in [0.15, 0.2) is 0 Å². The number of halogens is 6. The minimum atomic E-state index is -1.01. The third-order valence-corrected chi connectivity index (χ3v) is 4.42. The summed E-state index contributed by atoms with van der Waals surface area (Å²) in [6, 6.07) is 0. The van der Waals surface area contributed by atoms with Gasteiger partial charge in [0.15, 0.2) is 33.3 Å². The van der Waals surface area contributed by atoms with E-state index in [0.717, 1.165) is 21.1 Å². The normalized spacial score (nSPS) is 9.97. The largest absolute Gasteiger partial charge is 0.464 e. The summed E-state index contributed by atoms with van der Waals surface area (Å²) in [5.74, 6) is -4.25. The number of aromatic nitrogens is 2. The number of nitrogens with one attached hydrogen (secondary N) is 1. The van der Waals surface area contributed by atoms with Crippen LogP contribution in [0, 0.1) is 11.6 Å². The van der Waals surface area contributed by atoms with Crippen LogP contribution < -0.4 is 11.1 Å². The summed E-state index contributed by atoms with van der Waals surface area (Å²) in [5, 5.41) is 0.344. The molecular formula is C16H12Cl4F2N4O5. The van der Waals surface area contributed by atoms with Crippen molar-refractivity contribution in [2.75, 3.05) is 25.3 Å². The van der Waals surface area contributed by atoms with Gasteiger partial charge in [-0.2, -0.15) is 0 Å². The first kappa shape index (κ1) is 26.6. The molecule has 3 N–H and O–H groups in total. The molecule has 0 radical (unpaired) electrons. The van der Waals surface area contributed by atoms with E-state index in [9.17, 15) is 23.2 Å². The van der Waals surface area contributed by atoms with Crippen LogP contribution in [0.2, 0.25) is 20.4 Å². The van der Waals surface area contributed by atoms with E-state index in [-0.39, 0.29) is 21.4 Å². The Morgan fingerprint density at radius 3 is 1.71 bits per heavy atom. The van der Waals surface area contributed by atoms with Gasteiger partial charge in [0.25, 0.3) is 0 Å². The highest BCUT2D eigenvalue weighted by atomic mass is 35.5. The Labute approximate surface area is 193 Å². The first-order valence-corrected chi connectivity index (χ1v) is 9.17. The minimum absolute atomic E-state index is 0.307. The highest BCUT2D eigenvalue weighted by Gasteiger charge is 2.23. The van der Waals surface area contributed by atoms with E-state index in [1.54, 1.807) is 0 Å². The van der Waals surface area contributed by atoms with Crippen molar-refractivity contribution in [1.82, 2.24) is 9.97 Å².